The summed E-state index contributed by atoms with van der Waals surface area (Å²) in [5.74, 6) is 0.651. The van der Waals surface area contributed by atoms with Gasteiger partial charge in [-0.25, -0.2) is 0 Å². The number of amides is 1. The Kier molecular flexibility index (Phi) is 7.24. The van der Waals surface area contributed by atoms with E-state index in [1.54, 1.807) is 13.3 Å². The number of hydrogen-bond acceptors (Lipinski definition) is 5. The Labute approximate surface area is 217 Å². The molecule has 1 amide bonds. The van der Waals surface area contributed by atoms with Crippen LogP contribution in [-0.2, 0) is 14.3 Å². The molecule has 0 aliphatic carbocycles. The van der Waals surface area contributed by atoms with E-state index in [0.717, 1.165) is 41.6 Å². The highest BCUT2D eigenvalue weighted by atomic mass is 16.5. The zero-order chi connectivity index (χ0) is 25.9. The maximum Gasteiger partial charge on any atom is 0.326 e. The van der Waals surface area contributed by atoms with Crippen LogP contribution in [0.1, 0.15) is 37.9 Å². The first kappa shape index (κ1) is 25.0. The van der Waals surface area contributed by atoms with Crippen molar-refractivity contribution in [2.24, 2.45) is 5.92 Å². The van der Waals surface area contributed by atoms with Crippen molar-refractivity contribution in [3.05, 3.63) is 79.0 Å². The van der Waals surface area contributed by atoms with Crippen LogP contribution >= 0.6 is 0 Å². The van der Waals surface area contributed by atoms with Crippen molar-refractivity contribution in [1.82, 2.24) is 4.98 Å². The van der Waals surface area contributed by atoms with Crippen LogP contribution in [0.15, 0.2) is 73.4 Å². The molecule has 37 heavy (non-hydrogen) atoms. The molecular weight excluding hydrogens is 466 g/mol. The molecule has 7 nitrogen and oxygen atoms in total. The first-order chi connectivity index (χ1) is 18.0. The second kappa shape index (κ2) is 10.7. The average Bonchev–Trinajstić information content (AvgIpc) is 2.94. The molecule has 3 fully saturated rings. The zero-order valence-corrected chi connectivity index (χ0v) is 21.4. The number of quaternary nitrogens is 1. The number of nitrogens with zero attached hydrogens (tertiary/aromatic N) is 2. The summed E-state index contributed by atoms with van der Waals surface area (Å²) in [6.45, 7) is 6.43. The molecule has 1 N–H and O–H groups in total. The summed E-state index contributed by atoms with van der Waals surface area (Å²) < 4.78 is 11.8. The van der Waals surface area contributed by atoms with Crippen molar-refractivity contribution in [3.8, 4) is 5.75 Å². The second-order valence-electron chi connectivity index (χ2n) is 10.0. The minimum absolute atomic E-state index is 0.0822. The van der Waals surface area contributed by atoms with Crippen molar-refractivity contribution >= 4 is 28.5 Å². The van der Waals surface area contributed by atoms with Gasteiger partial charge in [-0.05, 0) is 54.8 Å². The quantitative estimate of drug-likeness (QED) is 0.379. The van der Waals surface area contributed by atoms with E-state index in [9.17, 15) is 9.59 Å². The molecule has 7 heteroatoms. The van der Waals surface area contributed by atoms with Crippen molar-refractivity contribution < 1.29 is 24.0 Å². The minimum atomic E-state index is -0.491. The first-order valence-corrected chi connectivity index (χ1v) is 12.9. The van der Waals surface area contributed by atoms with E-state index < -0.39 is 12.1 Å². The number of carbonyl (C=O) groups is 2. The Hall–Kier alpha value is -3.71. The van der Waals surface area contributed by atoms with Gasteiger partial charge in [0.2, 0.25) is 5.91 Å². The van der Waals surface area contributed by atoms with Gasteiger partial charge in [0.25, 0.3) is 0 Å². The van der Waals surface area contributed by atoms with Gasteiger partial charge in [0.05, 0.1) is 19.2 Å². The largest absolute Gasteiger partial charge is 0.497 e. The highest BCUT2D eigenvalue weighted by Crippen LogP contribution is 2.36. The molecule has 3 aliphatic rings. The molecule has 2 aromatic carbocycles. The monoisotopic (exact) mass is 500 g/mol. The number of nitrogens with one attached hydrogen (secondary N) is 1. The fourth-order valence-corrected chi connectivity index (χ4v) is 6.12. The van der Waals surface area contributed by atoms with Gasteiger partial charge in [-0.15, -0.1) is 0 Å². The van der Waals surface area contributed by atoms with Crippen LogP contribution in [0.25, 0.3) is 10.9 Å². The van der Waals surface area contributed by atoms with Crippen LogP contribution in [0, 0.1) is 5.92 Å². The number of carbonyl (C=O) groups excluding carboxylic acids is 2. The zero-order valence-electron chi connectivity index (χ0n) is 21.4. The van der Waals surface area contributed by atoms with Crippen LogP contribution in [0.3, 0.4) is 0 Å². The van der Waals surface area contributed by atoms with Gasteiger partial charge in [-0.1, -0.05) is 24.8 Å². The number of para-hydroxylation sites is 1. The Morgan fingerprint density at radius 1 is 1.19 bits per heavy atom. The fraction of sp³-hybridized carbons (Fsp3) is 0.367. The van der Waals surface area contributed by atoms with Crippen molar-refractivity contribution in [3.63, 3.8) is 0 Å². The predicted octanol–water partition coefficient (Wildman–Crippen LogP) is 3.50. The first-order valence-electron chi connectivity index (χ1n) is 12.9. The number of benzene rings is 2. The molecular formula is C30H34N3O4+. The van der Waals surface area contributed by atoms with E-state index in [1.807, 2.05) is 60.7 Å². The highest BCUT2D eigenvalue weighted by Gasteiger charge is 2.48. The lowest BCUT2D eigenvalue weighted by Gasteiger charge is -2.48. The third-order valence-electron chi connectivity index (χ3n) is 7.90. The summed E-state index contributed by atoms with van der Waals surface area (Å²) >= 11 is 0. The lowest BCUT2D eigenvalue weighted by Crippen LogP contribution is -3.22. The van der Waals surface area contributed by atoms with Gasteiger partial charge >= 0.3 is 5.97 Å². The molecule has 5 atom stereocenters. The topological polar surface area (TPSA) is 73.2 Å². The number of esters is 1. The molecule has 192 valence electrons. The number of methoxy groups -OCH3 is 1. The van der Waals surface area contributed by atoms with Crippen LogP contribution in [-0.4, -0.2) is 49.1 Å². The second-order valence-corrected chi connectivity index (χ2v) is 10.0. The summed E-state index contributed by atoms with van der Waals surface area (Å²) in [6.07, 6.45) is 6.59. The number of fused-ring (bicyclic) bond motifs is 4. The van der Waals surface area contributed by atoms with E-state index in [2.05, 4.69) is 11.6 Å². The van der Waals surface area contributed by atoms with E-state index in [4.69, 9.17) is 9.47 Å². The molecule has 3 saturated heterocycles. The third kappa shape index (κ3) is 5.09. The van der Waals surface area contributed by atoms with Crippen LogP contribution in [0.4, 0.5) is 5.69 Å². The molecule has 3 aromatic rings. The third-order valence-corrected chi connectivity index (χ3v) is 7.90. The van der Waals surface area contributed by atoms with Crippen LogP contribution < -0.4 is 14.5 Å². The van der Waals surface area contributed by atoms with Gasteiger partial charge in [0.15, 0.2) is 6.10 Å². The van der Waals surface area contributed by atoms with E-state index in [1.165, 1.54) is 23.1 Å². The molecule has 4 heterocycles. The molecule has 3 aliphatic heterocycles. The Bertz CT molecular complexity index is 1290. The van der Waals surface area contributed by atoms with Crippen LogP contribution in [0.2, 0.25) is 0 Å². The molecule has 1 unspecified atom stereocenters. The lowest BCUT2D eigenvalue weighted by molar-refractivity contribution is -0.963. The van der Waals surface area contributed by atoms with Gasteiger partial charge in [-0.2, -0.15) is 0 Å². The fourth-order valence-electron chi connectivity index (χ4n) is 6.12. The summed E-state index contributed by atoms with van der Waals surface area (Å²) in [5.41, 5.74) is 2.40. The number of aromatic nitrogens is 1. The summed E-state index contributed by atoms with van der Waals surface area (Å²) in [6, 6.07) is 17.3. The maximum atomic E-state index is 13.5. The molecule has 0 radical (unpaired) electrons. The number of anilines is 1. The van der Waals surface area contributed by atoms with Crippen molar-refractivity contribution in [2.75, 3.05) is 25.1 Å². The molecule has 1 aromatic heterocycles. The van der Waals surface area contributed by atoms with Gasteiger partial charge < -0.3 is 19.3 Å². The Balaban J connectivity index is 1.52. The molecule has 6 rings (SSSR count). The maximum absolute atomic E-state index is 13.5. The van der Waals surface area contributed by atoms with E-state index in [-0.39, 0.29) is 18.5 Å². The van der Waals surface area contributed by atoms with Crippen molar-refractivity contribution in [1.29, 1.82) is 0 Å². The number of piperidine rings is 3. The highest BCUT2D eigenvalue weighted by molar-refractivity contribution is 5.96. The number of pyridine rings is 1. The summed E-state index contributed by atoms with van der Waals surface area (Å²) in [4.78, 5) is 33.3. The average molecular weight is 501 g/mol. The lowest BCUT2D eigenvalue weighted by atomic mass is 9.76. The standard InChI is InChI=1S/C30H33N3O4/c1-4-22-16-21-13-15-32(22)28(17-21)30(25-12-14-31-27-11-10-24(36-3)18-26(25)27)37-29(35)19-33(20(2)34)23-8-6-5-7-9-23/h4-12,14,18,21-22,28,30H,1,13,15-17,19H2,2-3H3/p+1/t21-,22-,28-,30+/m1/s1. The Morgan fingerprint density at radius 2 is 2.00 bits per heavy atom. The predicted molar refractivity (Wildman–Crippen MR) is 143 cm³/mol. The summed E-state index contributed by atoms with van der Waals surface area (Å²) in [5, 5.41) is 0.906. The Morgan fingerprint density at radius 3 is 2.70 bits per heavy atom. The minimum Gasteiger partial charge on any atom is -0.497 e. The van der Waals surface area contributed by atoms with Crippen molar-refractivity contribution in [2.45, 2.75) is 44.4 Å². The van der Waals surface area contributed by atoms with Gasteiger partial charge in [-0.3, -0.25) is 14.6 Å². The number of rotatable bonds is 8. The SMILES string of the molecule is C=C[C@@H]1C[C@H]2CC[NH+]1[C@@H]([C@@H](OC(=O)CN(C(C)=O)c1ccccc1)c1ccnc3ccc(OC)cc13)C2. The normalized spacial score (nSPS) is 23.3. The van der Waals surface area contributed by atoms with Crippen LogP contribution in [0.5, 0.6) is 5.75 Å². The summed E-state index contributed by atoms with van der Waals surface area (Å²) in [7, 11) is 1.64. The number of hydrogen-bond donors (Lipinski definition) is 1. The van der Waals surface area contributed by atoms with E-state index >= 15 is 0 Å². The van der Waals surface area contributed by atoms with Gasteiger partial charge in [0.1, 0.15) is 24.4 Å². The van der Waals surface area contributed by atoms with E-state index in [0.29, 0.717) is 17.6 Å². The van der Waals surface area contributed by atoms with Gasteiger partial charge in [0, 0.05) is 42.6 Å². The molecule has 0 saturated carbocycles. The smallest absolute Gasteiger partial charge is 0.326 e. The molecule has 0 spiro atoms. The number of ether oxygens (including phenoxy) is 2. The molecule has 2 bridgehead atoms.